The van der Waals surface area contributed by atoms with E-state index in [1.54, 1.807) is 12.1 Å². The first-order chi connectivity index (χ1) is 10.0. The maximum atomic E-state index is 12.4. The van der Waals surface area contributed by atoms with Crippen molar-refractivity contribution in [2.24, 2.45) is 0 Å². The van der Waals surface area contributed by atoms with Crippen molar-refractivity contribution in [2.45, 2.75) is 43.6 Å². The molecular formula is C15H20BrF2NOS. The lowest BCUT2D eigenvalue weighted by molar-refractivity contribution is -0.0505. The summed E-state index contributed by atoms with van der Waals surface area (Å²) in [5.41, 5.74) is 0.749. The molecule has 0 amide bonds. The Morgan fingerprint density at radius 1 is 1.38 bits per heavy atom. The molecule has 118 valence electrons. The van der Waals surface area contributed by atoms with Gasteiger partial charge in [-0.1, -0.05) is 28.8 Å². The number of nitrogens with one attached hydrogen (secondary N) is 1. The molecule has 1 aliphatic rings. The molecule has 0 radical (unpaired) electrons. The van der Waals surface area contributed by atoms with Gasteiger partial charge < -0.3 is 10.1 Å². The monoisotopic (exact) mass is 379 g/mol. The lowest BCUT2D eigenvalue weighted by Crippen LogP contribution is -2.34. The first-order valence-corrected chi connectivity index (χ1v) is 9.05. The van der Waals surface area contributed by atoms with Crippen LogP contribution in [0.3, 0.4) is 0 Å². The Morgan fingerprint density at radius 2 is 2.10 bits per heavy atom. The van der Waals surface area contributed by atoms with E-state index in [0.717, 1.165) is 16.6 Å². The van der Waals surface area contributed by atoms with Crippen LogP contribution in [0.2, 0.25) is 0 Å². The molecule has 0 spiro atoms. The van der Waals surface area contributed by atoms with Gasteiger partial charge in [0.15, 0.2) is 0 Å². The van der Waals surface area contributed by atoms with Crippen molar-refractivity contribution in [3.63, 3.8) is 0 Å². The summed E-state index contributed by atoms with van der Waals surface area (Å²) in [6.45, 7) is -1.37. The lowest BCUT2D eigenvalue weighted by atomic mass is 10.1. The molecule has 1 aliphatic carbocycles. The van der Waals surface area contributed by atoms with Crippen molar-refractivity contribution in [3.05, 3.63) is 28.2 Å². The smallest absolute Gasteiger partial charge is 0.387 e. The maximum absolute atomic E-state index is 12.4. The van der Waals surface area contributed by atoms with Gasteiger partial charge in [-0.2, -0.15) is 20.5 Å². The predicted octanol–water partition coefficient (Wildman–Crippen LogP) is 4.82. The van der Waals surface area contributed by atoms with Gasteiger partial charge in [-0.25, -0.2) is 0 Å². The number of halogens is 3. The third kappa shape index (κ3) is 4.83. The largest absolute Gasteiger partial charge is 0.434 e. The number of rotatable bonds is 7. The van der Waals surface area contributed by atoms with Gasteiger partial charge in [0.05, 0.1) is 0 Å². The van der Waals surface area contributed by atoms with Crippen molar-refractivity contribution in [1.82, 2.24) is 5.32 Å². The number of hydrogen-bond donors (Lipinski definition) is 1. The molecule has 0 bridgehead atoms. The highest BCUT2D eigenvalue weighted by atomic mass is 79.9. The van der Waals surface area contributed by atoms with Gasteiger partial charge in [0.2, 0.25) is 0 Å². The molecule has 0 unspecified atom stereocenters. The summed E-state index contributed by atoms with van der Waals surface area (Å²) in [5.74, 6) is 0.241. The Labute approximate surface area is 137 Å². The number of thioether (sulfide) groups is 1. The van der Waals surface area contributed by atoms with Crippen LogP contribution in [0.5, 0.6) is 5.75 Å². The van der Waals surface area contributed by atoms with Gasteiger partial charge >= 0.3 is 6.61 Å². The molecule has 0 aliphatic heterocycles. The van der Waals surface area contributed by atoms with Crippen LogP contribution in [0.25, 0.3) is 0 Å². The summed E-state index contributed by atoms with van der Waals surface area (Å²) < 4.78 is 30.6. The molecule has 2 nitrogen and oxygen atoms in total. The average molecular weight is 380 g/mol. The second-order valence-electron chi connectivity index (χ2n) is 5.33. The van der Waals surface area contributed by atoms with E-state index < -0.39 is 6.61 Å². The van der Waals surface area contributed by atoms with Gasteiger partial charge in [0.25, 0.3) is 0 Å². The summed E-state index contributed by atoms with van der Waals surface area (Å²) in [6.07, 6.45) is 7.15. The van der Waals surface area contributed by atoms with Gasteiger partial charge in [-0.15, -0.1) is 0 Å². The number of alkyl halides is 2. The van der Waals surface area contributed by atoms with Gasteiger partial charge in [0.1, 0.15) is 5.75 Å². The molecule has 1 N–H and O–H groups in total. The molecule has 6 heteroatoms. The second kappa shape index (κ2) is 7.79. The molecule has 21 heavy (non-hydrogen) atoms. The summed E-state index contributed by atoms with van der Waals surface area (Å²) in [6, 6.07) is 5.11. The lowest BCUT2D eigenvalue weighted by Gasteiger charge is -2.27. The third-order valence-corrected chi connectivity index (χ3v) is 5.86. The Kier molecular flexibility index (Phi) is 6.32. The van der Waals surface area contributed by atoms with E-state index in [4.69, 9.17) is 0 Å². The number of hydrogen-bond acceptors (Lipinski definition) is 3. The highest BCUT2D eigenvalue weighted by Gasteiger charge is 2.32. The summed E-state index contributed by atoms with van der Waals surface area (Å²) in [5, 5.41) is 3.41. The van der Waals surface area contributed by atoms with E-state index in [0.29, 0.717) is 11.3 Å². The molecule has 0 aromatic heterocycles. The Hall–Kier alpha value is -0.330. The van der Waals surface area contributed by atoms with Crippen LogP contribution in [0, 0.1) is 0 Å². The minimum atomic E-state index is -2.79. The van der Waals surface area contributed by atoms with Crippen LogP contribution in [-0.2, 0) is 6.54 Å². The van der Waals surface area contributed by atoms with Crippen LogP contribution >= 0.6 is 27.7 Å². The van der Waals surface area contributed by atoms with Gasteiger partial charge in [-0.3, -0.25) is 0 Å². The van der Waals surface area contributed by atoms with Crippen molar-refractivity contribution in [1.29, 1.82) is 0 Å². The normalized spacial score (nSPS) is 17.4. The van der Waals surface area contributed by atoms with Gasteiger partial charge in [-0.05, 0) is 37.3 Å². The second-order valence-corrected chi connectivity index (χ2v) is 7.52. The Balaban J connectivity index is 1.97. The maximum Gasteiger partial charge on any atom is 0.387 e. The minimum Gasteiger partial charge on any atom is -0.434 e. The van der Waals surface area contributed by atoms with Crippen LogP contribution in [0.4, 0.5) is 8.78 Å². The summed E-state index contributed by atoms with van der Waals surface area (Å²) >= 11 is 5.28. The fourth-order valence-electron chi connectivity index (χ4n) is 2.79. The quantitative estimate of drug-likeness (QED) is 0.733. The Morgan fingerprint density at radius 3 is 2.71 bits per heavy atom. The summed E-state index contributed by atoms with van der Waals surface area (Å²) in [4.78, 5) is 0. The van der Waals surface area contributed by atoms with E-state index in [-0.39, 0.29) is 5.75 Å². The highest BCUT2D eigenvalue weighted by Crippen LogP contribution is 2.39. The average Bonchev–Trinajstić information content (AvgIpc) is 2.91. The van der Waals surface area contributed by atoms with Crippen LogP contribution in [0.15, 0.2) is 22.7 Å². The molecule has 0 saturated heterocycles. The molecular weight excluding hydrogens is 360 g/mol. The summed E-state index contributed by atoms with van der Waals surface area (Å²) in [7, 11) is 0. The predicted molar refractivity (Wildman–Crippen MR) is 87.2 cm³/mol. The number of benzene rings is 1. The Bertz CT molecular complexity index is 467. The SMILES string of the molecule is CSC1(CNCc2cc(Br)ccc2OC(F)F)CCCC1. The zero-order chi connectivity index (χ0) is 15.3. The number of ether oxygens (including phenoxy) is 1. The first kappa shape index (κ1) is 17.0. The minimum absolute atomic E-state index is 0.241. The fraction of sp³-hybridized carbons (Fsp3) is 0.600. The molecule has 0 atom stereocenters. The first-order valence-electron chi connectivity index (χ1n) is 7.04. The highest BCUT2D eigenvalue weighted by molar-refractivity contribution is 9.10. The zero-order valence-electron chi connectivity index (χ0n) is 12.0. The molecule has 1 aromatic carbocycles. The van der Waals surface area contributed by atoms with Crippen molar-refractivity contribution in [2.75, 3.05) is 12.8 Å². The van der Waals surface area contributed by atoms with E-state index in [1.807, 2.05) is 17.8 Å². The molecule has 1 fully saturated rings. The van der Waals surface area contributed by atoms with E-state index in [9.17, 15) is 8.78 Å². The zero-order valence-corrected chi connectivity index (χ0v) is 14.4. The van der Waals surface area contributed by atoms with Crippen molar-refractivity contribution < 1.29 is 13.5 Å². The molecule has 2 rings (SSSR count). The molecule has 1 aromatic rings. The van der Waals surface area contributed by atoms with E-state index in [1.165, 1.54) is 25.7 Å². The molecule has 0 heterocycles. The van der Waals surface area contributed by atoms with Crippen LogP contribution in [0.1, 0.15) is 31.2 Å². The van der Waals surface area contributed by atoms with Crippen LogP contribution < -0.4 is 10.1 Å². The van der Waals surface area contributed by atoms with E-state index >= 15 is 0 Å². The molecule has 1 saturated carbocycles. The van der Waals surface area contributed by atoms with Gasteiger partial charge in [0, 0.05) is 27.9 Å². The standard InChI is InChI=1S/C15H20BrF2NOS/c1-21-15(6-2-3-7-15)10-19-9-11-8-12(16)4-5-13(11)20-14(17)18/h4-5,8,14,19H,2-3,6-7,9-10H2,1H3. The van der Waals surface area contributed by atoms with E-state index in [2.05, 4.69) is 32.2 Å². The van der Waals surface area contributed by atoms with Crippen LogP contribution in [-0.4, -0.2) is 24.2 Å². The van der Waals surface area contributed by atoms with Crippen molar-refractivity contribution in [3.8, 4) is 5.75 Å². The topological polar surface area (TPSA) is 21.3 Å². The van der Waals surface area contributed by atoms with Crippen molar-refractivity contribution >= 4 is 27.7 Å². The fourth-order valence-corrected chi connectivity index (χ4v) is 4.15. The third-order valence-electron chi connectivity index (χ3n) is 3.95.